The summed E-state index contributed by atoms with van der Waals surface area (Å²) in [5, 5.41) is 11.0. The maximum Gasteiger partial charge on any atom is 0.271 e. The first kappa shape index (κ1) is 15.5. The quantitative estimate of drug-likeness (QED) is 0.639. The molecule has 7 heteroatoms. The van der Waals surface area contributed by atoms with Crippen molar-refractivity contribution in [3.05, 3.63) is 63.2 Å². The maximum atomic E-state index is 13.0. The Morgan fingerprint density at radius 2 is 1.87 bits per heavy atom. The summed E-state index contributed by atoms with van der Waals surface area (Å²) in [7, 11) is -3.73. The van der Waals surface area contributed by atoms with Crippen molar-refractivity contribution in [2.24, 2.45) is 0 Å². The molecule has 0 saturated heterocycles. The molecule has 1 aliphatic rings. The summed E-state index contributed by atoms with van der Waals surface area (Å²) in [5.74, 6) is 0. The standard InChI is InChI=1S/C16H16N2O4S/c1-11-3-6-16(12(2)9-11)23(21,22)17-8-7-13-4-5-14(18(19)20)10-15(13)17/h3-6,9-10H,7-8H2,1-2H3. The molecule has 23 heavy (non-hydrogen) atoms. The van der Waals surface area contributed by atoms with Crippen LogP contribution in [0.25, 0.3) is 0 Å². The van der Waals surface area contributed by atoms with Crippen molar-refractivity contribution in [2.45, 2.75) is 25.2 Å². The van der Waals surface area contributed by atoms with E-state index in [1.165, 1.54) is 16.4 Å². The fraction of sp³-hybridized carbons (Fsp3) is 0.250. The minimum absolute atomic E-state index is 0.105. The van der Waals surface area contributed by atoms with E-state index in [1.54, 1.807) is 25.1 Å². The molecule has 0 fully saturated rings. The van der Waals surface area contributed by atoms with Gasteiger partial charge < -0.3 is 0 Å². The van der Waals surface area contributed by atoms with Gasteiger partial charge in [0.25, 0.3) is 15.7 Å². The third-order valence-electron chi connectivity index (χ3n) is 4.03. The number of hydrogen-bond donors (Lipinski definition) is 0. The predicted octanol–water partition coefficient (Wildman–Crippen LogP) is 2.96. The molecule has 0 bridgehead atoms. The fourth-order valence-corrected chi connectivity index (χ4v) is 4.61. The van der Waals surface area contributed by atoms with Gasteiger partial charge in [0.1, 0.15) is 0 Å². The summed E-state index contributed by atoms with van der Waals surface area (Å²) in [6.07, 6.45) is 0.553. The zero-order chi connectivity index (χ0) is 16.8. The van der Waals surface area contributed by atoms with Crippen LogP contribution in [0.3, 0.4) is 0 Å². The minimum atomic E-state index is -3.73. The SMILES string of the molecule is Cc1ccc(S(=O)(=O)N2CCc3ccc([N+](=O)[O-])cc32)c(C)c1. The highest BCUT2D eigenvalue weighted by molar-refractivity contribution is 7.93. The Hall–Kier alpha value is -2.41. The summed E-state index contributed by atoms with van der Waals surface area (Å²) >= 11 is 0. The van der Waals surface area contributed by atoms with Crippen molar-refractivity contribution in [3.63, 3.8) is 0 Å². The molecule has 0 saturated carbocycles. The van der Waals surface area contributed by atoms with E-state index in [2.05, 4.69) is 0 Å². The van der Waals surface area contributed by atoms with Crippen LogP contribution in [0.1, 0.15) is 16.7 Å². The number of nitro benzene ring substituents is 1. The number of non-ortho nitro benzene ring substituents is 1. The predicted molar refractivity (Wildman–Crippen MR) is 87.2 cm³/mol. The molecule has 0 aliphatic carbocycles. The van der Waals surface area contributed by atoms with Crippen LogP contribution in [-0.2, 0) is 16.4 Å². The van der Waals surface area contributed by atoms with Crippen LogP contribution < -0.4 is 4.31 Å². The zero-order valence-electron chi connectivity index (χ0n) is 12.8. The minimum Gasteiger partial charge on any atom is -0.265 e. The number of nitro groups is 1. The average Bonchev–Trinajstić information content (AvgIpc) is 2.90. The number of fused-ring (bicyclic) bond motifs is 1. The first-order valence-electron chi connectivity index (χ1n) is 7.18. The molecule has 0 atom stereocenters. The Labute approximate surface area is 134 Å². The summed E-state index contributed by atoms with van der Waals surface area (Å²) < 4.78 is 27.2. The Morgan fingerprint density at radius 3 is 2.52 bits per heavy atom. The van der Waals surface area contributed by atoms with Gasteiger partial charge in [-0.25, -0.2) is 8.42 Å². The van der Waals surface area contributed by atoms with Crippen molar-refractivity contribution in [2.75, 3.05) is 10.8 Å². The molecule has 1 aliphatic heterocycles. The second-order valence-corrected chi connectivity index (χ2v) is 7.50. The topological polar surface area (TPSA) is 80.5 Å². The van der Waals surface area contributed by atoms with Gasteiger partial charge in [-0.1, -0.05) is 23.8 Å². The maximum absolute atomic E-state index is 13.0. The normalized spacial score (nSPS) is 13.9. The summed E-state index contributed by atoms with van der Waals surface area (Å²) in [5.41, 5.74) is 2.76. The number of nitrogens with zero attached hydrogens (tertiary/aromatic N) is 2. The molecular formula is C16H16N2O4S. The smallest absolute Gasteiger partial charge is 0.265 e. The fourth-order valence-electron chi connectivity index (χ4n) is 2.91. The number of anilines is 1. The second-order valence-electron chi connectivity index (χ2n) is 5.67. The number of hydrogen-bond acceptors (Lipinski definition) is 4. The van der Waals surface area contributed by atoms with E-state index in [9.17, 15) is 18.5 Å². The molecule has 0 N–H and O–H groups in total. The lowest BCUT2D eigenvalue weighted by Crippen LogP contribution is -2.29. The summed E-state index contributed by atoms with van der Waals surface area (Å²) in [6, 6.07) is 9.54. The van der Waals surface area contributed by atoms with Gasteiger partial charge in [0.2, 0.25) is 0 Å². The van der Waals surface area contributed by atoms with E-state index in [0.717, 1.165) is 11.1 Å². The van der Waals surface area contributed by atoms with Gasteiger partial charge in [-0.15, -0.1) is 0 Å². The molecule has 0 aromatic heterocycles. The third kappa shape index (κ3) is 2.57. The molecule has 120 valence electrons. The summed E-state index contributed by atoms with van der Waals surface area (Å²) in [4.78, 5) is 10.7. The second kappa shape index (κ2) is 5.34. The van der Waals surface area contributed by atoms with Crippen LogP contribution in [0.2, 0.25) is 0 Å². The van der Waals surface area contributed by atoms with Crippen LogP contribution in [0.15, 0.2) is 41.3 Å². The van der Waals surface area contributed by atoms with Gasteiger partial charge in [-0.2, -0.15) is 0 Å². The van der Waals surface area contributed by atoms with Gasteiger partial charge >= 0.3 is 0 Å². The van der Waals surface area contributed by atoms with E-state index in [1.807, 2.05) is 13.0 Å². The van der Waals surface area contributed by atoms with Crippen LogP contribution in [0, 0.1) is 24.0 Å². The monoisotopic (exact) mass is 332 g/mol. The van der Waals surface area contributed by atoms with Gasteiger partial charge in [-0.3, -0.25) is 14.4 Å². The van der Waals surface area contributed by atoms with Crippen molar-refractivity contribution in [1.82, 2.24) is 0 Å². The Morgan fingerprint density at radius 1 is 1.13 bits per heavy atom. The highest BCUT2D eigenvalue weighted by Crippen LogP contribution is 2.36. The van der Waals surface area contributed by atoms with Crippen LogP contribution in [0.4, 0.5) is 11.4 Å². The number of benzene rings is 2. The average molecular weight is 332 g/mol. The highest BCUT2D eigenvalue weighted by Gasteiger charge is 2.33. The number of rotatable bonds is 3. The van der Waals surface area contributed by atoms with E-state index in [0.29, 0.717) is 24.2 Å². The molecule has 2 aromatic carbocycles. The Bertz CT molecular complexity index is 906. The highest BCUT2D eigenvalue weighted by atomic mass is 32.2. The molecule has 0 spiro atoms. The lowest BCUT2D eigenvalue weighted by Gasteiger charge is -2.20. The lowest BCUT2D eigenvalue weighted by molar-refractivity contribution is -0.384. The Balaban J connectivity index is 2.10. The molecule has 3 rings (SSSR count). The van der Waals surface area contributed by atoms with Gasteiger partial charge in [-0.05, 0) is 37.5 Å². The molecule has 0 radical (unpaired) electrons. The van der Waals surface area contributed by atoms with Crippen LogP contribution in [-0.4, -0.2) is 19.9 Å². The molecule has 6 nitrogen and oxygen atoms in total. The van der Waals surface area contributed by atoms with E-state index in [4.69, 9.17) is 0 Å². The Kier molecular flexibility index (Phi) is 3.60. The lowest BCUT2D eigenvalue weighted by atomic mass is 10.1. The van der Waals surface area contributed by atoms with E-state index < -0.39 is 14.9 Å². The van der Waals surface area contributed by atoms with Gasteiger partial charge in [0.15, 0.2) is 0 Å². The number of sulfonamides is 1. The van der Waals surface area contributed by atoms with Gasteiger partial charge in [0.05, 0.1) is 15.5 Å². The third-order valence-corrected chi connectivity index (χ3v) is 6.00. The van der Waals surface area contributed by atoms with Crippen molar-refractivity contribution in [1.29, 1.82) is 0 Å². The zero-order valence-corrected chi connectivity index (χ0v) is 13.6. The van der Waals surface area contributed by atoms with Crippen molar-refractivity contribution >= 4 is 21.4 Å². The molecule has 0 unspecified atom stereocenters. The van der Waals surface area contributed by atoms with Crippen molar-refractivity contribution in [3.8, 4) is 0 Å². The number of aryl methyl sites for hydroxylation is 2. The van der Waals surface area contributed by atoms with Gasteiger partial charge in [0, 0.05) is 18.7 Å². The molecule has 2 aromatic rings. The summed E-state index contributed by atoms with van der Waals surface area (Å²) in [6.45, 7) is 3.95. The van der Waals surface area contributed by atoms with E-state index in [-0.39, 0.29) is 10.6 Å². The molecular weight excluding hydrogens is 316 g/mol. The molecule has 0 amide bonds. The molecule has 1 heterocycles. The first-order chi connectivity index (χ1) is 10.8. The van der Waals surface area contributed by atoms with Crippen LogP contribution >= 0.6 is 0 Å². The van der Waals surface area contributed by atoms with Crippen molar-refractivity contribution < 1.29 is 13.3 Å². The largest absolute Gasteiger partial charge is 0.271 e. The first-order valence-corrected chi connectivity index (χ1v) is 8.62. The van der Waals surface area contributed by atoms with E-state index >= 15 is 0 Å². The van der Waals surface area contributed by atoms with Crippen LogP contribution in [0.5, 0.6) is 0 Å².